The molecule has 0 amide bonds. The van der Waals surface area contributed by atoms with Gasteiger partial charge in [-0.1, -0.05) is 60.7 Å². The Bertz CT molecular complexity index is 1030. The smallest absolute Gasteiger partial charge is 0.330 e. The van der Waals surface area contributed by atoms with E-state index in [9.17, 15) is 4.79 Å². The van der Waals surface area contributed by atoms with Crippen LogP contribution in [0.4, 0.5) is 0 Å². The highest BCUT2D eigenvalue weighted by molar-refractivity contribution is 5.84. The molecular weight excluding hydrogens is 360 g/mol. The summed E-state index contributed by atoms with van der Waals surface area (Å²) in [5.74, 6) is 0.513. The number of carbonyl (C=O) groups excluding carboxylic acids is 1. The van der Waals surface area contributed by atoms with Crippen molar-refractivity contribution in [2.24, 2.45) is 0 Å². The minimum Gasteiger partial charge on any atom is -0.493 e. The maximum Gasteiger partial charge on any atom is 0.330 e. The van der Waals surface area contributed by atoms with Crippen LogP contribution in [0.25, 0.3) is 22.3 Å². The molecule has 0 spiro atoms. The van der Waals surface area contributed by atoms with E-state index in [1.807, 2.05) is 12.1 Å². The van der Waals surface area contributed by atoms with Gasteiger partial charge in [0.2, 0.25) is 0 Å². The summed E-state index contributed by atoms with van der Waals surface area (Å²) in [4.78, 5) is 11.3. The van der Waals surface area contributed by atoms with Gasteiger partial charge in [-0.25, -0.2) is 4.79 Å². The average Bonchev–Trinajstić information content (AvgIpc) is 3.13. The molecule has 0 radical (unpaired) electrons. The van der Waals surface area contributed by atoms with E-state index in [-0.39, 0.29) is 5.97 Å². The monoisotopic (exact) mass is 384 g/mol. The van der Waals surface area contributed by atoms with Crippen molar-refractivity contribution >= 4 is 5.97 Å². The molecule has 0 saturated heterocycles. The molecule has 1 aliphatic carbocycles. The van der Waals surface area contributed by atoms with Crippen molar-refractivity contribution in [3.8, 4) is 28.0 Å². The van der Waals surface area contributed by atoms with E-state index in [1.165, 1.54) is 39.5 Å². The fourth-order valence-electron chi connectivity index (χ4n) is 3.76. The molecule has 3 nitrogen and oxygen atoms in total. The Morgan fingerprint density at radius 2 is 1.66 bits per heavy atom. The molecule has 3 aromatic carbocycles. The van der Waals surface area contributed by atoms with Gasteiger partial charge in [0, 0.05) is 12.5 Å². The summed E-state index contributed by atoms with van der Waals surface area (Å²) in [6.07, 6.45) is 4.72. The van der Waals surface area contributed by atoms with Crippen LogP contribution in [-0.4, -0.2) is 19.2 Å². The summed E-state index contributed by atoms with van der Waals surface area (Å²) in [7, 11) is 0. The van der Waals surface area contributed by atoms with E-state index >= 15 is 0 Å². The van der Waals surface area contributed by atoms with Gasteiger partial charge in [0.15, 0.2) is 0 Å². The summed E-state index contributed by atoms with van der Waals surface area (Å²) < 4.78 is 10.8. The van der Waals surface area contributed by atoms with Gasteiger partial charge >= 0.3 is 5.97 Å². The molecule has 3 aromatic rings. The lowest BCUT2D eigenvalue weighted by molar-refractivity contribution is -0.137. The minimum absolute atomic E-state index is 0.311. The molecule has 0 bridgehead atoms. The third-order valence-corrected chi connectivity index (χ3v) is 5.12. The Kier molecular flexibility index (Phi) is 5.76. The Labute approximate surface area is 171 Å². The normalized spacial score (nSPS) is 11.9. The van der Waals surface area contributed by atoms with Crippen molar-refractivity contribution in [3.63, 3.8) is 0 Å². The van der Waals surface area contributed by atoms with Crippen LogP contribution in [-0.2, 0) is 16.0 Å². The second-order valence-electron chi connectivity index (χ2n) is 7.06. The Balaban J connectivity index is 1.39. The third-order valence-electron chi connectivity index (χ3n) is 5.12. The SMILES string of the molecule is CC=CC(=O)OCCCOc1ccc(-c2cccc3c2Cc2ccccc2-3)cc1. The number of hydrogen-bond donors (Lipinski definition) is 0. The number of allylic oxidation sites excluding steroid dienone is 1. The van der Waals surface area contributed by atoms with Gasteiger partial charge in [-0.05, 0) is 58.9 Å². The Morgan fingerprint density at radius 3 is 2.48 bits per heavy atom. The fraction of sp³-hybridized carbons (Fsp3) is 0.192. The highest BCUT2D eigenvalue weighted by Gasteiger charge is 2.20. The summed E-state index contributed by atoms with van der Waals surface area (Å²) in [5.41, 5.74) is 7.95. The molecule has 0 saturated carbocycles. The highest BCUT2D eigenvalue weighted by atomic mass is 16.5. The van der Waals surface area contributed by atoms with Gasteiger partial charge in [-0.15, -0.1) is 0 Å². The number of fused-ring (bicyclic) bond motifs is 3. The van der Waals surface area contributed by atoms with Crippen LogP contribution in [0.2, 0.25) is 0 Å². The molecule has 0 unspecified atom stereocenters. The first-order chi connectivity index (χ1) is 14.3. The van der Waals surface area contributed by atoms with Gasteiger partial charge in [0.1, 0.15) is 5.75 Å². The molecule has 3 heteroatoms. The molecule has 0 atom stereocenters. The van der Waals surface area contributed by atoms with E-state index in [0.29, 0.717) is 19.6 Å². The maximum absolute atomic E-state index is 11.3. The van der Waals surface area contributed by atoms with E-state index < -0.39 is 0 Å². The standard InChI is InChI=1S/C26H24O3/c1-2-7-26(27)29-17-6-16-28-21-14-12-19(13-15-21)22-10-5-11-24-23-9-4-3-8-20(23)18-25(22)24/h2-5,7-15H,6,16-18H2,1H3. The Morgan fingerprint density at radius 1 is 0.897 bits per heavy atom. The third kappa shape index (κ3) is 4.24. The van der Waals surface area contributed by atoms with Crippen molar-refractivity contribution in [3.05, 3.63) is 90.0 Å². The number of esters is 1. The summed E-state index contributed by atoms with van der Waals surface area (Å²) in [5, 5.41) is 0. The van der Waals surface area contributed by atoms with Crippen molar-refractivity contribution in [2.45, 2.75) is 19.8 Å². The predicted molar refractivity (Wildman–Crippen MR) is 116 cm³/mol. The quantitative estimate of drug-likeness (QED) is 0.229. The molecule has 4 rings (SSSR count). The van der Waals surface area contributed by atoms with E-state index in [4.69, 9.17) is 9.47 Å². The molecule has 0 N–H and O–H groups in total. The second kappa shape index (κ2) is 8.78. The first-order valence-electron chi connectivity index (χ1n) is 9.99. The topological polar surface area (TPSA) is 35.5 Å². The predicted octanol–water partition coefficient (Wildman–Crippen LogP) is 5.81. The fourth-order valence-corrected chi connectivity index (χ4v) is 3.76. The summed E-state index contributed by atoms with van der Waals surface area (Å²) >= 11 is 0. The number of ether oxygens (including phenoxy) is 2. The van der Waals surface area contributed by atoms with Crippen LogP contribution in [0, 0.1) is 0 Å². The lowest BCUT2D eigenvalue weighted by Crippen LogP contribution is -2.06. The Hall–Kier alpha value is -3.33. The number of rotatable bonds is 7. The van der Waals surface area contributed by atoms with Crippen molar-refractivity contribution in [1.82, 2.24) is 0 Å². The first-order valence-corrected chi connectivity index (χ1v) is 9.99. The van der Waals surface area contributed by atoms with Crippen LogP contribution in [0.5, 0.6) is 5.75 Å². The van der Waals surface area contributed by atoms with Crippen molar-refractivity contribution in [2.75, 3.05) is 13.2 Å². The van der Waals surface area contributed by atoms with Gasteiger partial charge in [-0.2, -0.15) is 0 Å². The number of benzene rings is 3. The van der Waals surface area contributed by atoms with Crippen LogP contribution in [0.3, 0.4) is 0 Å². The summed E-state index contributed by atoms with van der Waals surface area (Å²) in [6, 6.07) is 23.4. The molecule has 146 valence electrons. The van der Waals surface area contributed by atoms with Gasteiger partial charge in [0.05, 0.1) is 13.2 Å². The van der Waals surface area contributed by atoms with E-state index in [0.717, 1.165) is 12.2 Å². The van der Waals surface area contributed by atoms with Gasteiger partial charge in [-0.3, -0.25) is 0 Å². The van der Waals surface area contributed by atoms with Crippen LogP contribution in [0.15, 0.2) is 78.9 Å². The van der Waals surface area contributed by atoms with Gasteiger partial charge in [0.25, 0.3) is 0 Å². The van der Waals surface area contributed by atoms with E-state index in [1.54, 1.807) is 13.0 Å². The van der Waals surface area contributed by atoms with Crippen molar-refractivity contribution in [1.29, 1.82) is 0 Å². The van der Waals surface area contributed by atoms with Crippen LogP contribution >= 0.6 is 0 Å². The largest absolute Gasteiger partial charge is 0.493 e. The second-order valence-corrected chi connectivity index (χ2v) is 7.06. The molecule has 0 heterocycles. The number of hydrogen-bond acceptors (Lipinski definition) is 3. The van der Waals surface area contributed by atoms with Crippen LogP contribution < -0.4 is 4.74 Å². The maximum atomic E-state index is 11.3. The zero-order chi connectivity index (χ0) is 20.1. The first kappa shape index (κ1) is 19.0. The molecular formula is C26H24O3. The zero-order valence-corrected chi connectivity index (χ0v) is 16.6. The lowest BCUT2D eigenvalue weighted by atomic mass is 9.96. The number of carbonyl (C=O) groups is 1. The zero-order valence-electron chi connectivity index (χ0n) is 16.6. The molecule has 0 aromatic heterocycles. The van der Waals surface area contributed by atoms with Crippen molar-refractivity contribution < 1.29 is 14.3 Å². The van der Waals surface area contributed by atoms with E-state index in [2.05, 4.69) is 54.6 Å². The summed E-state index contributed by atoms with van der Waals surface area (Å²) in [6.45, 7) is 2.66. The molecule has 0 fully saturated rings. The highest BCUT2D eigenvalue weighted by Crippen LogP contribution is 2.41. The molecule has 1 aliphatic rings. The molecule has 0 aliphatic heterocycles. The minimum atomic E-state index is -0.311. The van der Waals surface area contributed by atoms with Gasteiger partial charge < -0.3 is 9.47 Å². The lowest BCUT2D eigenvalue weighted by Gasteiger charge is -2.11. The van der Waals surface area contributed by atoms with Crippen LogP contribution in [0.1, 0.15) is 24.5 Å². The average molecular weight is 384 g/mol. The molecule has 29 heavy (non-hydrogen) atoms.